The molecule has 0 bridgehead atoms. The molecule has 0 saturated heterocycles. The number of aliphatic hydroxyl groups is 1. The molecule has 0 aromatic heterocycles. The van der Waals surface area contributed by atoms with Gasteiger partial charge < -0.3 is 5.11 Å². The van der Waals surface area contributed by atoms with E-state index in [1.807, 2.05) is 0 Å². The first-order valence-electron chi connectivity index (χ1n) is 4.88. The molecule has 0 aromatic carbocycles. The monoisotopic (exact) mass is 155 g/mol. The van der Waals surface area contributed by atoms with E-state index in [4.69, 9.17) is 5.11 Å². The predicted molar refractivity (Wildman–Crippen MR) is 47.3 cm³/mol. The lowest BCUT2D eigenvalue weighted by Gasteiger charge is -2.11. The number of aliphatic hydroxyl groups excluding tert-OH is 1. The van der Waals surface area contributed by atoms with E-state index in [1.165, 1.54) is 44.9 Å². The van der Waals surface area contributed by atoms with Crippen LogP contribution in [0.25, 0.3) is 0 Å². The second-order valence-electron chi connectivity index (χ2n) is 3.49. The summed E-state index contributed by atoms with van der Waals surface area (Å²) in [6.45, 7) is 0.365. The molecule has 1 saturated carbocycles. The van der Waals surface area contributed by atoms with Crippen molar-refractivity contribution in [1.82, 2.24) is 0 Å². The molecule has 0 spiro atoms. The van der Waals surface area contributed by atoms with E-state index in [1.54, 1.807) is 5.92 Å². The molecule has 0 aromatic rings. The van der Waals surface area contributed by atoms with Gasteiger partial charge in [0.2, 0.25) is 0 Å². The SMILES string of the molecule is OCCC[C]1CCCCCC1. The Balaban J connectivity index is 2.09. The van der Waals surface area contributed by atoms with Crippen molar-refractivity contribution in [1.29, 1.82) is 0 Å². The standard InChI is InChI=1S/C10H19O/c11-9-5-8-10-6-3-1-2-4-7-10/h11H,1-9H2. The van der Waals surface area contributed by atoms with Crippen molar-refractivity contribution in [3.63, 3.8) is 0 Å². The number of hydrogen-bond donors (Lipinski definition) is 1. The third kappa shape index (κ3) is 3.76. The summed E-state index contributed by atoms with van der Waals surface area (Å²) >= 11 is 0. The molecule has 1 rings (SSSR count). The average molecular weight is 155 g/mol. The van der Waals surface area contributed by atoms with Gasteiger partial charge in [0.15, 0.2) is 0 Å². The number of hydrogen-bond acceptors (Lipinski definition) is 1. The average Bonchev–Trinajstić information content (AvgIpc) is 2.28. The predicted octanol–water partition coefficient (Wildman–Crippen LogP) is 2.69. The van der Waals surface area contributed by atoms with Gasteiger partial charge in [0.25, 0.3) is 0 Å². The van der Waals surface area contributed by atoms with Gasteiger partial charge in [0.1, 0.15) is 0 Å². The van der Waals surface area contributed by atoms with Gasteiger partial charge in [0.05, 0.1) is 0 Å². The van der Waals surface area contributed by atoms with Gasteiger partial charge >= 0.3 is 0 Å². The molecule has 0 heterocycles. The quantitative estimate of drug-likeness (QED) is 0.621. The fourth-order valence-corrected chi connectivity index (χ4v) is 1.81. The summed E-state index contributed by atoms with van der Waals surface area (Å²) in [5.41, 5.74) is 0. The van der Waals surface area contributed by atoms with E-state index in [9.17, 15) is 0 Å². The van der Waals surface area contributed by atoms with Gasteiger partial charge in [-0.05, 0) is 31.6 Å². The van der Waals surface area contributed by atoms with Crippen LogP contribution in [0.1, 0.15) is 51.4 Å². The Hall–Kier alpha value is -0.0400. The minimum atomic E-state index is 0.365. The largest absolute Gasteiger partial charge is 0.396 e. The van der Waals surface area contributed by atoms with Crippen LogP contribution in [0.4, 0.5) is 0 Å². The molecule has 1 N–H and O–H groups in total. The lowest BCUT2D eigenvalue weighted by molar-refractivity contribution is 0.284. The fraction of sp³-hybridized carbons (Fsp3) is 0.900. The van der Waals surface area contributed by atoms with Gasteiger partial charge in [-0.3, -0.25) is 0 Å². The molecule has 0 unspecified atom stereocenters. The van der Waals surface area contributed by atoms with Crippen molar-refractivity contribution in [2.45, 2.75) is 51.4 Å². The Morgan fingerprint density at radius 3 is 2.18 bits per heavy atom. The highest BCUT2D eigenvalue weighted by molar-refractivity contribution is 4.90. The summed E-state index contributed by atoms with van der Waals surface area (Å²) in [5, 5.41) is 8.65. The Morgan fingerprint density at radius 2 is 1.64 bits per heavy atom. The summed E-state index contributed by atoms with van der Waals surface area (Å²) < 4.78 is 0. The first-order valence-corrected chi connectivity index (χ1v) is 4.88. The minimum absolute atomic E-state index is 0.365. The maximum Gasteiger partial charge on any atom is 0.0431 e. The molecule has 0 atom stereocenters. The topological polar surface area (TPSA) is 20.2 Å². The lowest BCUT2D eigenvalue weighted by atomic mass is 9.95. The molecule has 11 heavy (non-hydrogen) atoms. The van der Waals surface area contributed by atoms with Crippen molar-refractivity contribution < 1.29 is 5.11 Å². The molecular weight excluding hydrogens is 136 g/mol. The van der Waals surface area contributed by atoms with E-state index >= 15 is 0 Å². The molecule has 0 aliphatic heterocycles. The minimum Gasteiger partial charge on any atom is -0.396 e. The zero-order valence-corrected chi connectivity index (χ0v) is 7.31. The van der Waals surface area contributed by atoms with Crippen molar-refractivity contribution in [2.24, 2.45) is 0 Å². The summed E-state index contributed by atoms with van der Waals surface area (Å²) in [5.74, 6) is 1.71. The highest BCUT2D eigenvalue weighted by atomic mass is 16.2. The van der Waals surface area contributed by atoms with Crippen LogP contribution in [0.5, 0.6) is 0 Å². The molecule has 1 fully saturated rings. The first-order chi connectivity index (χ1) is 5.43. The van der Waals surface area contributed by atoms with Crippen molar-refractivity contribution in [3.05, 3.63) is 5.92 Å². The Labute approximate surface area is 69.8 Å². The zero-order valence-electron chi connectivity index (χ0n) is 7.31. The van der Waals surface area contributed by atoms with Crippen LogP contribution in [0.3, 0.4) is 0 Å². The molecule has 1 aliphatic carbocycles. The van der Waals surface area contributed by atoms with Crippen LogP contribution in [0.2, 0.25) is 0 Å². The van der Waals surface area contributed by atoms with Gasteiger partial charge in [-0.2, -0.15) is 0 Å². The Morgan fingerprint density at radius 1 is 1.00 bits per heavy atom. The fourth-order valence-electron chi connectivity index (χ4n) is 1.81. The molecule has 1 heteroatoms. The van der Waals surface area contributed by atoms with Gasteiger partial charge in [-0.15, -0.1) is 0 Å². The maximum absolute atomic E-state index is 8.65. The van der Waals surface area contributed by atoms with E-state index in [-0.39, 0.29) is 0 Å². The summed E-state index contributed by atoms with van der Waals surface area (Å²) in [6, 6.07) is 0. The highest BCUT2D eigenvalue weighted by Crippen LogP contribution is 2.27. The number of rotatable bonds is 3. The maximum atomic E-state index is 8.65. The van der Waals surface area contributed by atoms with Crippen LogP contribution in [0.15, 0.2) is 0 Å². The van der Waals surface area contributed by atoms with Crippen LogP contribution in [0, 0.1) is 5.92 Å². The molecule has 1 aliphatic rings. The van der Waals surface area contributed by atoms with Crippen LogP contribution in [-0.2, 0) is 0 Å². The van der Waals surface area contributed by atoms with E-state index < -0.39 is 0 Å². The second kappa shape index (κ2) is 5.59. The lowest BCUT2D eigenvalue weighted by Crippen LogP contribution is -1.97. The van der Waals surface area contributed by atoms with E-state index in [0.29, 0.717) is 6.61 Å². The second-order valence-corrected chi connectivity index (χ2v) is 3.49. The molecule has 1 nitrogen and oxygen atoms in total. The summed E-state index contributed by atoms with van der Waals surface area (Å²) in [6.07, 6.45) is 10.4. The zero-order chi connectivity index (χ0) is 7.94. The first kappa shape index (κ1) is 9.05. The van der Waals surface area contributed by atoms with Crippen molar-refractivity contribution >= 4 is 0 Å². The molecular formula is C10H19O. The van der Waals surface area contributed by atoms with Crippen LogP contribution in [-0.4, -0.2) is 11.7 Å². The van der Waals surface area contributed by atoms with Crippen molar-refractivity contribution in [3.8, 4) is 0 Å². The Bertz CT molecular complexity index is 82.9. The van der Waals surface area contributed by atoms with E-state index in [2.05, 4.69) is 0 Å². The smallest absolute Gasteiger partial charge is 0.0431 e. The van der Waals surface area contributed by atoms with Crippen LogP contribution >= 0.6 is 0 Å². The highest BCUT2D eigenvalue weighted by Gasteiger charge is 2.11. The van der Waals surface area contributed by atoms with E-state index in [0.717, 1.165) is 6.42 Å². The van der Waals surface area contributed by atoms with Gasteiger partial charge in [-0.1, -0.05) is 25.7 Å². The molecule has 65 valence electrons. The third-order valence-corrected chi connectivity index (χ3v) is 2.50. The Kier molecular flexibility index (Phi) is 4.60. The summed E-state index contributed by atoms with van der Waals surface area (Å²) in [7, 11) is 0. The van der Waals surface area contributed by atoms with Gasteiger partial charge in [-0.25, -0.2) is 0 Å². The van der Waals surface area contributed by atoms with Gasteiger partial charge in [0, 0.05) is 6.61 Å². The third-order valence-electron chi connectivity index (χ3n) is 2.50. The summed E-state index contributed by atoms with van der Waals surface area (Å²) in [4.78, 5) is 0. The normalized spacial score (nSPS) is 21.5. The van der Waals surface area contributed by atoms with Crippen molar-refractivity contribution in [2.75, 3.05) is 6.61 Å². The molecule has 1 radical (unpaired) electrons. The van der Waals surface area contributed by atoms with Crippen LogP contribution < -0.4 is 0 Å². The molecule has 0 amide bonds.